The highest BCUT2D eigenvalue weighted by Crippen LogP contribution is 2.24. The molecule has 1 aromatic heterocycles. The highest BCUT2D eigenvalue weighted by atomic mass is 16.5. The molecule has 6 nitrogen and oxygen atoms in total. The Morgan fingerprint density at radius 1 is 1.24 bits per heavy atom. The Bertz CT molecular complexity index is 766. The second-order valence-electron chi connectivity index (χ2n) is 4.64. The maximum atomic E-state index is 12.3. The van der Waals surface area contributed by atoms with Crippen molar-refractivity contribution in [2.45, 2.75) is 6.04 Å². The van der Waals surface area contributed by atoms with Crippen LogP contribution in [0.2, 0.25) is 0 Å². The number of rotatable bonds is 2. The molecule has 0 saturated heterocycles. The van der Waals surface area contributed by atoms with Crippen LogP contribution in [0.4, 0.5) is 0 Å². The molecule has 0 radical (unpaired) electrons. The molecule has 1 amide bonds. The summed E-state index contributed by atoms with van der Waals surface area (Å²) in [6.07, 6.45) is 1.38. The zero-order chi connectivity index (χ0) is 14.8. The van der Waals surface area contributed by atoms with Gasteiger partial charge in [-0.1, -0.05) is 12.1 Å². The van der Waals surface area contributed by atoms with Gasteiger partial charge in [0.15, 0.2) is 5.78 Å². The third kappa shape index (κ3) is 2.55. The van der Waals surface area contributed by atoms with Crippen molar-refractivity contribution in [1.82, 2.24) is 10.3 Å². The Kier molecular flexibility index (Phi) is 3.27. The first kappa shape index (κ1) is 13.1. The Hall–Kier alpha value is -2.89. The summed E-state index contributed by atoms with van der Waals surface area (Å²) in [4.78, 5) is 38.0. The number of aromatic amines is 1. The lowest BCUT2D eigenvalue weighted by Gasteiger charge is -2.24. The Morgan fingerprint density at radius 2 is 2.05 bits per heavy atom. The van der Waals surface area contributed by atoms with Crippen LogP contribution >= 0.6 is 0 Å². The van der Waals surface area contributed by atoms with E-state index in [4.69, 9.17) is 4.74 Å². The highest BCUT2D eigenvalue weighted by molar-refractivity contribution is 6.06. The molecule has 0 fully saturated rings. The smallest absolute Gasteiger partial charge is 0.252 e. The molecule has 106 valence electrons. The van der Waals surface area contributed by atoms with E-state index in [1.807, 2.05) is 0 Å². The minimum Gasteiger partial charge on any atom is -0.490 e. The Morgan fingerprint density at radius 3 is 2.86 bits per heavy atom. The summed E-state index contributed by atoms with van der Waals surface area (Å²) in [5.41, 5.74) is 0.268. The van der Waals surface area contributed by atoms with Crippen molar-refractivity contribution in [2.75, 3.05) is 6.61 Å². The van der Waals surface area contributed by atoms with E-state index >= 15 is 0 Å². The molecule has 1 aliphatic rings. The molecule has 1 aliphatic heterocycles. The molecule has 0 bridgehead atoms. The van der Waals surface area contributed by atoms with Crippen molar-refractivity contribution in [3.05, 3.63) is 64.1 Å². The summed E-state index contributed by atoms with van der Waals surface area (Å²) in [5.74, 6) is -0.165. The normalized spacial score (nSPS) is 16.8. The van der Waals surface area contributed by atoms with E-state index in [1.165, 1.54) is 18.3 Å². The molecule has 3 rings (SSSR count). The van der Waals surface area contributed by atoms with Crippen LogP contribution in [0, 0.1) is 0 Å². The fourth-order valence-electron chi connectivity index (χ4n) is 2.17. The number of nitrogens with one attached hydrogen (secondary N) is 2. The molecule has 0 aliphatic carbocycles. The summed E-state index contributed by atoms with van der Waals surface area (Å²) in [5, 5.41) is 2.59. The van der Waals surface area contributed by atoms with Gasteiger partial charge >= 0.3 is 0 Å². The maximum absolute atomic E-state index is 12.3. The first-order valence-corrected chi connectivity index (χ1v) is 6.41. The number of amides is 1. The number of aromatic nitrogens is 1. The molecular weight excluding hydrogens is 272 g/mol. The van der Waals surface area contributed by atoms with Crippen molar-refractivity contribution in [3.8, 4) is 5.75 Å². The Balaban J connectivity index is 1.79. The van der Waals surface area contributed by atoms with Crippen LogP contribution in [0.1, 0.15) is 20.7 Å². The standard InChI is InChI=1S/C15H12N2O4/c18-13-7-9(5-6-16-13)15(20)17-11-8-21-12-4-2-1-3-10(12)14(11)19/h1-7,11H,8H2,(H,16,18)(H,17,20). The number of carbonyl (C=O) groups excluding carboxylic acids is 2. The highest BCUT2D eigenvalue weighted by Gasteiger charge is 2.29. The number of pyridine rings is 1. The molecule has 2 N–H and O–H groups in total. The molecule has 1 unspecified atom stereocenters. The van der Waals surface area contributed by atoms with E-state index in [-0.39, 0.29) is 23.5 Å². The second-order valence-corrected chi connectivity index (χ2v) is 4.64. The number of carbonyl (C=O) groups is 2. The van der Waals surface area contributed by atoms with Crippen molar-refractivity contribution >= 4 is 11.7 Å². The predicted molar refractivity (Wildman–Crippen MR) is 74.6 cm³/mol. The quantitative estimate of drug-likeness (QED) is 0.851. The van der Waals surface area contributed by atoms with Crippen molar-refractivity contribution in [1.29, 1.82) is 0 Å². The number of H-pyrrole nitrogens is 1. The molecule has 0 saturated carbocycles. The van der Waals surface area contributed by atoms with Crippen LogP contribution in [-0.2, 0) is 0 Å². The molecular formula is C15H12N2O4. The van der Waals surface area contributed by atoms with E-state index in [0.29, 0.717) is 11.3 Å². The van der Waals surface area contributed by atoms with E-state index in [9.17, 15) is 14.4 Å². The molecule has 1 aromatic carbocycles. The van der Waals surface area contributed by atoms with Gasteiger partial charge in [-0.2, -0.15) is 0 Å². The first-order valence-electron chi connectivity index (χ1n) is 6.41. The van der Waals surface area contributed by atoms with Gasteiger partial charge in [0, 0.05) is 17.8 Å². The number of Topliss-reactive ketones (excluding diaryl/α,β-unsaturated/α-hetero) is 1. The van der Waals surface area contributed by atoms with Gasteiger partial charge in [-0.3, -0.25) is 14.4 Å². The van der Waals surface area contributed by atoms with Crippen molar-refractivity contribution in [3.63, 3.8) is 0 Å². The average molecular weight is 284 g/mol. The predicted octanol–water partition coefficient (Wildman–Crippen LogP) is 0.749. The number of ether oxygens (including phenoxy) is 1. The summed E-state index contributed by atoms with van der Waals surface area (Å²) in [6, 6.07) is 8.77. The molecule has 0 spiro atoms. The fourth-order valence-corrected chi connectivity index (χ4v) is 2.17. The Labute approximate surface area is 119 Å². The van der Waals surface area contributed by atoms with Gasteiger partial charge in [-0.15, -0.1) is 0 Å². The molecule has 2 heterocycles. The van der Waals surface area contributed by atoms with Gasteiger partial charge in [0.1, 0.15) is 18.4 Å². The average Bonchev–Trinajstić information content (AvgIpc) is 2.50. The molecule has 21 heavy (non-hydrogen) atoms. The topological polar surface area (TPSA) is 88.3 Å². The van der Waals surface area contributed by atoms with Crippen LogP contribution in [0.25, 0.3) is 0 Å². The zero-order valence-electron chi connectivity index (χ0n) is 11.0. The maximum Gasteiger partial charge on any atom is 0.252 e. The lowest BCUT2D eigenvalue weighted by Crippen LogP contribution is -2.47. The first-order chi connectivity index (χ1) is 10.1. The fraction of sp³-hybridized carbons (Fsp3) is 0.133. The monoisotopic (exact) mass is 284 g/mol. The number of hydrogen-bond donors (Lipinski definition) is 2. The van der Waals surface area contributed by atoms with E-state index in [2.05, 4.69) is 10.3 Å². The van der Waals surface area contributed by atoms with Gasteiger partial charge in [-0.25, -0.2) is 0 Å². The number of fused-ring (bicyclic) bond motifs is 1. The van der Waals surface area contributed by atoms with Gasteiger partial charge < -0.3 is 15.0 Å². The second kappa shape index (κ2) is 5.24. The molecule has 6 heteroatoms. The minimum atomic E-state index is -0.758. The van der Waals surface area contributed by atoms with Gasteiger partial charge in [0.05, 0.1) is 5.56 Å². The molecule has 2 aromatic rings. The number of ketones is 1. The lowest BCUT2D eigenvalue weighted by atomic mass is 10.0. The SMILES string of the molecule is O=C(NC1COc2ccccc2C1=O)c1cc[nH]c(=O)c1. The van der Waals surface area contributed by atoms with Crippen LogP contribution in [-0.4, -0.2) is 29.3 Å². The summed E-state index contributed by atoms with van der Waals surface area (Å²) < 4.78 is 5.46. The lowest BCUT2D eigenvalue weighted by molar-refractivity contribution is 0.0795. The van der Waals surface area contributed by atoms with E-state index in [0.717, 1.165) is 0 Å². The van der Waals surface area contributed by atoms with Crippen LogP contribution in [0.5, 0.6) is 5.75 Å². The van der Waals surface area contributed by atoms with Gasteiger partial charge in [0.25, 0.3) is 5.91 Å². The summed E-state index contributed by atoms with van der Waals surface area (Å²) in [7, 11) is 0. The van der Waals surface area contributed by atoms with Crippen molar-refractivity contribution < 1.29 is 14.3 Å². The van der Waals surface area contributed by atoms with Gasteiger partial charge in [0.2, 0.25) is 5.56 Å². The van der Waals surface area contributed by atoms with Crippen molar-refractivity contribution in [2.24, 2.45) is 0 Å². The number of benzene rings is 1. The van der Waals surface area contributed by atoms with Crippen LogP contribution < -0.4 is 15.6 Å². The van der Waals surface area contributed by atoms with Crippen LogP contribution in [0.15, 0.2) is 47.4 Å². The third-order valence-electron chi connectivity index (χ3n) is 3.22. The zero-order valence-corrected chi connectivity index (χ0v) is 11.0. The van der Waals surface area contributed by atoms with Gasteiger partial charge in [-0.05, 0) is 18.2 Å². The van der Waals surface area contributed by atoms with E-state index < -0.39 is 11.9 Å². The summed E-state index contributed by atoms with van der Waals surface area (Å²) >= 11 is 0. The summed E-state index contributed by atoms with van der Waals surface area (Å²) in [6.45, 7) is 0.0742. The van der Waals surface area contributed by atoms with Crippen LogP contribution in [0.3, 0.4) is 0 Å². The largest absolute Gasteiger partial charge is 0.490 e. The number of hydrogen-bond acceptors (Lipinski definition) is 4. The minimum absolute atomic E-state index is 0.0742. The number of para-hydroxylation sites is 1. The molecule has 1 atom stereocenters. The van der Waals surface area contributed by atoms with E-state index in [1.54, 1.807) is 24.3 Å². The third-order valence-corrected chi connectivity index (χ3v) is 3.22.